The molecule has 0 aromatic carbocycles. The number of amides is 1. The van der Waals surface area contributed by atoms with Crippen molar-refractivity contribution in [3.8, 4) is 0 Å². The van der Waals surface area contributed by atoms with Crippen LogP contribution < -0.4 is 10.9 Å². The van der Waals surface area contributed by atoms with E-state index in [9.17, 15) is 27.9 Å². The molecule has 0 bridgehead atoms. The molecule has 1 amide bonds. The number of pyridine rings is 1. The highest BCUT2D eigenvalue weighted by molar-refractivity contribution is 5.82. The van der Waals surface area contributed by atoms with Crippen LogP contribution in [-0.2, 0) is 11.3 Å². The zero-order valence-electron chi connectivity index (χ0n) is 15.1. The maximum Gasteiger partial charge on any atom is 0.390 e. The molecule has 1 fully saturated rings. The number of aliphatic hydroxyl groups excluding tert-OH is 1. The van der Waals surface area contributed by atoms with Gasteiger partial charge in [-0.2, -0.15) is 13.2 Å². The summed E-state index contributed by atoms with van der Waals surface area (Å²) < 4.78 is 40.2. The van der Waals surface area contributed by atoms with Crippen LogP contribution in [0.2, 0.25) is 0 Å². The highest BCUT2D eigenvalue weighted by Crippen LogP contribution is 2.49. The summed E-state index contributed by atoms with van der Waals surface area (Å²) in [6.45, 7) is 1.93. The first-order valence-electron chi connectivity index (χ1n) is 9.19. The summed E-state index contributed by atoms with van der Waals surface area (Å²) in [5.74, 6) is -1.17. The molecule has 0 radical (unpaired) electrons. The average Bonchev–Trinajstić information content (AvgIpc) is 3.12. The molecule has 1 aromatic heterocycles. The standard InChI is InChI=1S/C18H24F3N3O3/c1-2-7-22-17(27)16-12(10-25)11-9-24-13(4-3-5-14(24)26)15(11)23(16)8-6-18(19,20)21/h3-5,11-12,15-16,25H,2,6-10H2,1H3,(H,22,27)/t11-,12-,15+,16-/m1/s1. The minimum Gasteiger partial charge on any atom is -0.396 e. The quantitative estimate of drug-likeness (QED) is 0.772. The number of aromatic nitrogens is 1. The largest absolute Gasteiger partial charge is 0.396 e. The predicted molar refractivity (Wildman–Crippen MR) is 92.0 cm³/mol. The molecule has 2 aliphatic heterocycles. The molecule has 1 aromatic rings. The molecule has 0 spiro atoms. The third-order valence-corrected chi connectivity index (χ3v) is 5.54. The van der Waals surface area contributed by atoms with Crippen molar-refractivity contribution in [2.24, 2.45) is 11.8 Å². The van der Waals surface area contributed by atoms with Gasteiger partial charge in [-0.05, 0) is 12.5 Å². The molecule has 1 saturated heterocycles. The topological polar surface area (TPSA) is 74.6 Å². The van der Waals surface area contributed by atoms with Gasteiger partial charge in [0.1, 0.15) is 0 Å². The number of likely N-dealkylation sites (tertiary alicyclic amines) is 1. The van der Waals surface area contributed by atoms with Gasteiger partial charge in [0.25, 0.3) is 5.56 Å². The SMILES string of the molecule is CCCNC(=O)[C@H]1[C@H](CO)[C@H]2Cn3c(cccc3=O)[C@H]2N1CCC(F)(F)F. The minimum absolute atomic E-state index is 0.221. The van der Waals surface area contributed by atoms with Crippen molar-refractivity contribution in [3.05, 3.63) is 34.2 Å². The lowest BCUT2D eigenvalue weighted by Gasteiger charge is -2.31. The van der Waals surface area contributed by atoms with Gasteiger partial charge < -0.3 is 15.0 Å². The van der Waals surface area contributed by atoms with Crippen LogP contribution in [0, 0.1) is 11.8 Å². The Labute approximate surface area is 155 Å². The second-order valence-corrected chi connectivity index (χ2v) is 7.19. The van der Waals surface area contributed by atoms with Crippen molar-refractivity contribution < 1.29 is 23.1 Å². The number of hydrogen-bond donors (Lipinski definition) is 2. The third-order valence-electron chi connectivity index (χ3n) is 5.54. The summed E-state index contributed by atoms with van der Waals surface area (Å²) >= 11 is 0. The van der Waals surface area contributed by atoms with Crippen molar-refractivity contribution in [3.63, 3.8) is 0 Å². The van der Waals surface area contributed by atoms with Crippen molar-refractivity contribution in [1.29, 1.82) is 0 Å². The van der Waals surface area contributed by atoms with E-state index in [1.165, 1.54) is 11.0 Å². The van der Waals surface area contributed by atoms with Crippen LogP contribution in [0.5, 0.6) is 0 Å². The molecule has 2 aliphatic rings. The first-order valence-corrected chi connectivity index (χ1v) is 9.19. The van der Waals surface area contributed by atoms with Crippen molar-refractivity contribution in [2.45, 2.75) is 44.6 Å². The van der Waals surface area contributed by atoms with Crippen LogP contribution >= 0.6 is 0 Å². The summed E-state index contributed by atoms with van der Waals surface area (Å²) in [6, 6.07) is 3.37. The zero-order valence-corrected chi connectivity index (χ0v) is 15.1. The minimum atomic E-state index is -4.35. The van der Waals surface area contributed by atoms with Gasteiger partial charge in [0.05, 0.1) is 18.5 Å². The van der Waals surface area contributed by atoms with Gasteiger partial charge in [0, 0.05) is 49.8 Å². The molecule has 27 heavy (non-hydrogen) atoms. The van der Waals surface area contributed by atoms with Crippen molar-refractivity contribution >= 4 is 5.91 Å². The molecule has 3 rings (SSSR count). The third kappa shape index (κ3) is 3.75. The highest BCUT2D eigenvalue weighted by atomic mass is 19.4. The number of hydrogen-bond acceptors (Lipinski definition) is 4. The van der Waals surface area contributed by atoms with E-state index < -0.39 is 30.6 Å². The summed E-state index contributed by atoms with van der Waals surface area (Å²) in [5, 5.41) is 12.7. The highest BCUT2D eigenvalue weighted by Gasteiger charge is 2.55. The smallest absolute Gasteiger partial charge is 0.390 e. The lowest BCUT2D eigenvalue weighted by atomic mass is 9.88. The zero-order chi connectivity index (χ0) is 19.8. The number of nitrogens with zero attached hydrogens (tertiary/aromatic N) is 2. The Hall–Kier alpha value is -1.87. The van der Waals surface area contributed by atoms with Gasteiger partial charge in [-0.1, -0.05) is 13.0 Å². The summed E-state index contributed by atoms with van der Waals surface area (Å²) in [6.07, 6.45) is -4.70. The van der Waals surface area contributed by atoms with Gasteiger partial charge in [-0.15, -0.1) is 0 Å². The number of rotatable bonds is 6. The number of carbonyl (C=O) groups is 1. The lowest BCUT2D eigenvalue weighted by Crippen LogP contribution is -2.49. The van der Waals surface area contributed by atoms with Crippen LogP contribution in [0.25, 0.3) is 0 Å². The summed E-state index contributed by atoms with van der Waals surface area (Å²) in [7, 11) is 0. The van der Waals surface area contributed by atoms with E-state index >= 15 is 0 Å². The number of nitrogens with one attached hydrogen (secondary N) is 1. The van der Waals surface area contributed by atoms with E-state index in [2.05, 4.69) is 5.32 Å². The number of halogens is 3. The van der Waals surface area contributed by atoms with Gasteiger partial charge in [-0.25, -0.2) is 0 Å². The number of fused-ring (bicyclic) bond motifs is 3. The molecule has 2 N–H and O–H groups in total. The van der Waals surface area contributed by atoms with Crippen molar-refractivity contribution in [1.82, 2.24) is 14.8 Å². The van der Waals surface area contributed by atoms with Crippen LogP contribution in [0.4, 0.5) is 13.2 Å². The maximum atomic E-state index is 12.9. The van der Waals surface area contributed by atoms with Crippen LogP contribution in [0.15, 0.2) is 23.0 Å². The first-order chi connectivity index (χ1) is 12.8. The second kappa shape index (κ2) is 7.63. The number of carbonyl (C=O) groups excluding carboxylic acids is 1. The normalized spacial score (nSPS) is 27.4. The van der Waals surface area contributed by atoms with Crippen LogP contribution in [-0.4, -0.2) is 52.4 Å². The number of alkyl halides is 3. The van der Waals surface area contributed by atoms with Gasteiger partial charge in [0.2, 0.25) is 5.91 Å². The average molecular weight is 387 g/mol. The van der Waals surface area contributed by atoms with E-state index in [0.717, 1.165) is 0 Å². The monoisotopic (exact) mass is 387 g/mol. The summed E-state index contributed by atoms with van der Waals surface area (Å²) in [5.41, 5.74) is 0.389. The molecular formula is C18H24F3N3O3. The fourth-order valence-corrected chi connectivity index (χ4v) is 4.43. The van der Waals surface area contributed by atoms with E-state index in [1.54, 1.807) is 16.7 Å². The molecule has 4 atom stereocenters. The Morgan fingerprint density at radius 1 is 1.37 bits per heavy atom. The fraction of sp³-hybridized carbons (Fsp3) is 0.667. The molecule has 0 aliphatic carbocycles. The molecule has 0 saturated carbocycles. The fourth-order valence-electron chi connectivity index (χ4n) is 4.43. The Balaban J connectivity index is 1.98. The predicted octanol–water partition coefficient (Wildman–Crippen LogP) is 1.29. The molecule has 9 heteroatoms. The Morgan fingerprint density at radius 3 is 2.74 bits per heavy atom. The Morgan fingerprint density at radius 2 is 2.11 bits per heavy atom. The molecule has 150 valence electrons. The molecule has 0 unspecified atom stereocenters. The van der Waals surface area contributed by atoms with Gasteiger partial charge in [0.15, 0.2) is 0 Å². The first kappa shape index (κ1) is 19.9. The van der Waals surface area contributed by atoms with Crippen molar-refractivity contribution in [2.75, 3.05) is 19.7 Å². The van der Waals surface area contributed by atoms with Gasteiger partial charge >= 0.3 is 6.18 Å². The van der Waals surface area contributed by atoms with Gasteiger partial charge in [-0.3, -0.25) is 14.5 Å². The Kier molecular flexibility index (Phi) is 5.62. The van der Waals surface area contributed by atoms with E-state index in [0.29, 0.717) is 25.2 Å². The summed E-state index contributed by atoms with van der Waals surface area (Å²) in [4.78, 5) is 26.4. The number of aliphatic hydroxyl groups is 1. The lowest BCUT2D eigenvalue weighted by molar-refractivity contribution is -0.143. The van der Waals surface area contributed by atoms with Crippen LogP contribution in [0.3, 0.4) is 0 Å². The molecule has 6 nitrogen and oxygen atoms in total. The van der Waals surface area contributed by atoms with E-state index in [-0.39, 0.29) is 30.5 Å². The van der Waals surface area contributed by atoms with Crippen LogP contribution in [0.1, 0.15) is 31.5 Å². The maximum absolute atomic E-state index is 12.9. The Bertz CT molecular complexity index is 749. The van der Waals surface area contributed by atoms with E-state index in [1.807, 2.05) is 6.92 Å². The van der Waals surface area contributed by atoms with E-state index in [4.69, 9.17) is 0 Å². The molecular weight excluding hydrogens is 363 g/mol. The second-order valence-electron chi connectivity index (χ2n) is 7.19. The molecule has 3 heterocycles.